The normalized spacial score (nSPS) is 15.2. The van der Waals surface area contributed by atoms with E-state index >= 15 is 0 Å². The van der Waals surface area contributed by atoms with Crippen molar-refractivity contribution in [3.63, 3.8) is 0 Å². The van der Waals surface area contributed by atoms with Crippen molar-refractivity contribution in [1.29, 1.82) is 0 Å². The van der Waals surface area contributed by atoms with Crippen LogP contribution < -0.4 is 4.72 Å². The Balaban J connectivity index is 1.60. The Morgan fingerprint density at radius 3 is 2.07 bits per heavy atom. The zero-order valence-electron chi connectivity index (χ0n) is 14.7. The lowest BCUT2D eigenvalue weighted by Crippen LogP contribution is -2.58. The number of benzene rings is 2. The van der Waals surface area contributed by atoms with E-state index in [-0.39, 0.29) is 18.0 Å². The smallest absolute Gasteiger partial charge is 0.246 e. The van der Waals surface area contributed by atoms with Crippen LogP contribution in [0.15, 0.2) is 52.3 Å². The molecule has 0 bridgehead atoms. The van der Waals surface area contributed by atoms with Crippen LogP contribution in [0, 0.1) is 17.5 Å². The number of nitrogens with one attached hydrogen (secondary N) is 1. The highest BCUT2D eigenvalue weighted by Crippen LogP contribution is 2.24. The number of halogens is 3. The highest BCUT2D eigenvalue weighted by Gasteiger charge is 2.40. The van der Waals surface area contributed by atoms with Crippen molar-refractivity contribution < 1.29 is 34.8 Å². The molecule has 1 N–H and O–H groups in total. The Morgan fingerprint density at radius 1 is 0.966 bits per heavy atom. The molecular weight excluding hydrogens is 433 g/mol. The molecule has 7 nitrogen and oxygen atoms in total. The van der Waals surface area contributed by atoms with Gasteiger partial charge in [0.25, 0.3) is 0 Å². The first kappa shape index (κ1) is 21.3. The minimum absolute atomic E-state index is 0.0910. The molecule has 0 unspecified atom stereocenters. The Bertz CT molecular complexity index is 1130. The van der Waals surface area contributed by atoms with Crippen molar-refractivity contribution in [1.82, 2.24) is 9.62 Å². The lowest BCUT2D eigenvalue weighted by atomic mass is 10.2. The number of sulfonamides is 1. The van der Waals surface area contributed by atoms with E-state index in [0.717, 1.165) is 47.4 Å². The molecular formula is C17H15F3N2O5S2. The third-order valence-corrected chi connectivity index (χ3v) is 7.94. The standard InChI is InChI=1S/C17H15F3N2O5S2/c18-11-4-6-12(7-5-11)28(24,25)13-9-22(10-13)16(23)8-21-29(26,27)17-14(19)2-1-3-15(17)20/h1-7,13,21H,8-10H2. The van der Waals surface area contributed by atoms with Gasteiger partial charge in [0.2, 0.25) is 15.9 Å². The number of hydrogen-bond donors (Lipinski definition) is 1. The third kappa shape index (κ3) is 4.28. The molecule has 1 aliphatic rings. The largest absolute Gasteiger partial charge is 0.339 e. The van der Waals surface area contributed by atoms with E-state index < -0.39 is 59.9 Å². The van der Waals surface area contributed by atoms with Crippen LogP contribution in [0.5, 0.6) is 0 Å². The minimum Gasteiger partial charge on any atom is -0.339 e. The van der Waals surface area contributed by atoms with Crippen LogP contribution in [-0.4, -0.2) is 52.5 Å². The molecule has 1 saturated heterocycles. The van der Waals surface area contributed by atoms with Gasteiger partial charge in [0.1, 0.15) is 22.7 Å². The van der Waals surface area contributed by atoms with Crippen LogP contribution in [0.4, 0.5) is 13.2 Å². The van der Waals surface area contributed by atoms with E-state index in [4.69, 9.17) is 0 Å². The van der Waals surface area contributed by atoms with Gasteiger partial charge in [0, 0.05) is 13.1 Å². The van der Waals surface area contributed by atoms with Crippen molar-refractivity contribution in [2.45, 2.75) is 15.0 Å². The molecule has 0 spiro atoms. The van der Waals surface area contributed by atoms with E-state index in [1.54, 1.807) is 0 Å². The summed E-state index contributed by atoms with van der Waals surface area (Å²) >= 11 is 0. The van der Waals surface area contributed by atoms with Gasteiger partial charge in [-0.25, -0.2) is 34.7 Å². The predicted octanol–water partition coefficient (Wildman–Crippen LogP) is 1.07. The monoisotopic (exact) mass is 448 g/mol. The van der Waals surface area contributed by atoms with Gasteiger partial charge in [-0.3, -0.25) is 4.79 Å². The zero-order valence-corrected chi connectivity index (χ0v) is 16.3. The molecule has 1 heterocycles. The second kappa shape index (κ2) is 7.76. The SMILES string of the molecule is O=C(CNS(=O)(=O)c1c(F)cccc1F)N1CC(S(=O)(=O)c2ccc(F)cc2)C1. The Hall–Kier alpha value is -2.44. The molecule has 12 heteroatoms. The van der Waals surface area contributed by atoms with Crippen molar-refractivity contribution in [2.24, 2.45) is 0 Å². The number of sulfone groups is 1. The number of carbonyl (C=O) groups excluding carboxylic acids is 1. The molecule has 0 radical (unpaired) electrons. The maximum absolute atomic E-state index is 13.6. The summed E-state index contributed by atoms with van der Waals surface area (Å²) in [6.07, 6.45) is 0. The van der Waals surface area contributed by atoms with Crippen molar-refractivity contribution >= 4 is 25.8 Å². The van der Waals surface area contributed by atoms with E-state index in [0.29, 0.717) is 0 Å². The first-order chi connectivity index (χ1) is 13.5. The van der Waals surface area contributed by atoms with Crippen molar-refractivity contribution in [3.8, 4) is 0 Å². The molecule has 0 saturated carbocycles. The quantitative estimate of drug-likeness (QED) is 0.667. The fraction of sp³-hybridized carbons (Fsp3) is 0.235. The summed E-state index contributed by atoms with van der Waals surface area (Å²) in [5.41, 5.74) is 0. The van der Waals surface area contributed by atoms with Gasteiger partial charge in [-0.2, -0.15) is 0 Å². The number of likely N-dealkylation sites (tertiary alicyclic amines) is 1. The lowest BCUT2D eigenvalue weighted by Gasteiger charge is -2.38. The second-order valence-corrected chi connectivity index (χ2v) is 10.2. The average molecular weight is 448 g/mol. The Labute approximate surface area is 165 Å². The maximum Gasteiger partial charge on any atom is 0.246 e. The van der Waals surface area contributed by atoms with Gasteiger partial charge >= 0.3 is 0 Å². The summed E-state index contributed by atoms with van der Waals surface area (Å²) in [5, 5.41) is -0.919. The van der Waals surface area contributed by atoms with Crippen LogP contribution in [0.1, 0.15) is 0 Å². The van der Waals surface area contributed by atoms with Gasteiger partial charge in [0.05, 0.1) is 11.4 Å². The number of nitrogens with zero attached hydrogens (tertiary/aromatic N) is 1. The molecule has 29 heavy (non-hydrogen) atoms. The van der Waals surface area contributed by atoms with Crippen LogP contribution in [0.25, 0.3) is 0 Å². The first-order valence-electron chi connectivity index (χ1n) is 8.23. The predicted molar refractivity (Wildman–Crippen MR) is 95.5 cm³/mol. The van der Waals surface area contributed by atoms with E-state index in [1.807, 2.05) is 4.72 Å². The maximum atomic E-state index is 13.6. The summed E-state index contributed by atoms with van der Waals surface area (Å²) in [4.78, 5) is 11.9. The molecule has 1 aliphatic heterocycles. The zero-order chi connectivity index (χ0) is 21.4. The highest BCUT2D eigenvalue weighted by atomic mass is 32.2. The number of amides is 1. The highest BCUT2D eigenvalue weighted by molar-refractivity contribution is 7.92. The van der Waals surface area contributed by atoms with Gasteiger partial charge in [-0.05, 0) is 36.4 Å². The number of carbonyl (C=O) groups is 1. The molecule has 156 valence electrons. The second-order valence-electron chi connectivity index (χ2n) is 6.29. The summed E-state index contributed by atoms with van der Waals surface area (Å²) in [6.45, 7) is -1.16. The van der Waals surface area contributed by atoms with Crippen LogP contribution in [0.3, 0.4) is 0 Å². The number of rotatable bonds is 6. The lowest BCUT2D eigenvalue weighted by molar-refractivity contribution is -0.133. The molecule has 0 atom stereocenters. The molecule has 1 amide bonds. The topological polar surface area (TPSA) is 101 Å². The molecule has 0 aromatic heterocycles. The van der Waals surface area contributed by atoms with Crippen molar-refractivity contribution in [2.75, 3.05) is 19.6 Å². The summed E-state index contributed by atoms with van der Waals surface area (Å²) in [7, 11) is -8.41. The molecule has 2 aromatic rings. The summed E-state index contributed by atoms with van der Waals surface area (Å²) in [5.74, 6) is -3.96. The summed E-state index contributed by atoms with van der Waals surface area (Å²) < 4.78 is 91.0. The minimum atomic E-state index is -4.62. The Morgan fingerprint density at radius 2 is 1.52 bits per heavy atom. The van der Waals surface area contributed by atoms with Crippen LogP contribution >= 0.6 is 0 Å². The van der Waals surface area contributed by atoms with Crippen LogP contribution in [-0.2, 0) is 24.7 Å². The van der Waals surface area contributed by atoms with E-state index in [2.05, 4.69) is 0 Å². The van der Waals surface area contributed by atoms with Crippen LogP contribution in [0.2, 0.25) is 0 Å². The first-order valence-corrected chi connectivity index (χ1v) is 11.3. The van der Waals surface area contributed by atoms with Crippen molar-refractivity contribution in [3.05, 3.63) is 59.9 Å². The Kier molecular flexibility index (Phi) is 5.70. The van der Waals surface area contributed by atoms with Gasteiger partial charge in [-0.1, -0.05) is 6.07 Å². The molecule has 3 rings (SSSR count). The third-order valence-electron chi connectivity index (χ3n) is 4.38. The fourth-order valence-electron chi connectivity index (χ4n) is 2.73. The van der Waals surface area contributed by atoms with Gasteiger partial charge in [0.15, 0.2) is 14.7 Å². The fourth-order valence-corrected chi connectivity index (χ4v) is 5.49. The molecule has 2 aromatic carbocycles. The summed E-state index contributed by atoms with van der Waals surface area (Å²) in [6, 6.07) is 6.77. The number of hydrogen-bond acceptors (Lipinski definition) is 5. The van der Waals surface area contributed by atoms with Gasteiger partial charge in [-0.15, -0.1) is 0 Å². The van der Waals surface area contributed by atoms with Gasteiger partial charge < -0.3 is 4.90 Å². The molecule has 0 aliphatic carbocycles. The van der Waals surface area contributed by atoms with E-state index in [9.17, 15) is 34.8 Å². The van der Waals surface area contributed by atoms with E-state index in [1.165, 1.54) is 0 Å². The molecule has 1 fully saturated rings. The average Bonchev–Trinajstić information content (AvgIpc) is 2.58.